The van der Waals surface area contributed by atoms with Gasteiger partial charge in [0, 0.05) is 43.9 Å². The maximum absolute atomic E-state index is 13.1. The van der Waals surface area contributed by atoms with Crippen molar-refractivity contribution in [1.29, 1.82) is 0 Å². The first-order valence-electron chi connectivity index (χ1n) is 11.1. The summed E-state index contributed by atoms with van der Waals surface area (Å²) >= 11 is 1.49. The maximum atomic E-state index is 13.1. The normalized spacial score (nSPS) is 19.1. The second-order valence-electron chi connectivity index (χ2n) is 8.12. The molecular weight excluding hydrogens is 422 g/mol. The van der Waals surface area contributed by atoms with Crippen LogP contribution in [-0.2, 0) is 4.74 Å². The van der Waals surface area contributed by atoms with Gasteiger partial charge in [0.25, 0.3) is 5.91 Å². The molecule has 1 aromatic carbocycles. The lowest BCUT2D eigenvalue weighted by molar-refractivity contribution is 0.0938. The lowest BCUT2D eigenvalue weighted by atomic mass is 10.0. The highest BCUT2D eigenvalue weighted by molar-refractivity contribution is 7.12. The summed E-state index contributed by atoms with van der Waals surface area (Å²) in [6.45, 7) is 4.83. The number of rotatable bonds is 5. The predicted octanol–water partition coefficient (Wildman–Crippen LogP) is 3.44. The molecule has 32 heavy (non-hydrogen) atoms. The Morgan fingerprint density at radius 2 is 1.81 bits per heavy atom. The average molecular weight is 450 g/mol. The van der Waals surface area contributed by atoms with Gasteiger partial charge in [0.1, 0.15) is 18.0 Å². The first-order valence-corrected chi connectivity index (χ1v) is 12.0. The first kappa shape index (κ1) is 20.9. The van der Waals surface area contributed by atoms with Crippen molar-refractivity contribution in [2.75, 3.05) is 49.2 Å². The van der Waals surface area contributed by atoms with Crippen LogP contribution in [0.25, 0.3) is 11.1 Å². The lowest BCUT2D eigenvalue weighted by Crippen LogP contribution is -2.48. The summed E-state index contributed by atoms with van der Waals surface area (Å²) < 4.78 is 5.45. The zero-order valence-electron chi connectivity index (χ0n) is 17.9. The van der Waals surface area contributed by atoms with Gasteiger partial charge in [0.2, 0.25) is 0 Å². The van der Waals surface area contributed by atoms with E-state index in [2.05, 4.69) is 31.2 Å². The number of amides is 1. The number of piperidine rings is 1. The molecule has 2 saturated heterocycles. The fraction of sp³-hybridized carbons (Fsp3) is 0.375. The van der Waals surface area contributed by atoms with Crippen LogP contribution >= 0.6 is 11.3 Å². The minimum absolute atomic E-state index is 0.00222. The summed E-state index contributed by atoms with van der Waals surface area (Å²) in [5.74, 6) is 1.86. The molecule has 3 aromatic rings. The molecule has 2 aliphatic rings. The summed E-state index contributed by atoms with van der Waals surface area (Å²) in [4.78, 5) is 27.4. The van der Waals surface area contributed by atoms with Crippen LogP contribution in [0.4, 0.5) is 11.6 Å². The standard InChI is InChI=1S/C24H27N5O2S/c30-24(23-20(8-14-32-23)18-5-2-1-3-6-18)27-19-7-4-9-29(16-19)22-15-21(25-17-26-22)28-10-12-31-13-11-28/h1-3,5-6,8,14-15,17,19H,4,7,9-13,16H2,(H,27,30). The van der Waals surface area contributed by atoms with Crippen molar-refractivity contribution in [3.63, 3.8) is 0 Å². The van der Waals surface area contributed by atoms with Gasteiger partial charge in [0.05, 0.1) is 18.1 Å². The number of carbonyl (C=O) groups excluding carboxylic acids is 1. The molecule has 2 aromatic heterocycles. The molecule has 2 aliphatic heterocycles. The van der Waals surface area contributed by atoms with Crippen LogP contribution in [0.5, 0.6) is 0 Å². The minimum Gasteiger partial charge on any atom is -0.378 e. The molecule has 0 spiro atoms. The van der Waals surface area contributed by atoms with E-state index in [-0.39, 0.29) is 11.9 Å². The Hall–Kier alpha value is -2.97. The van der Waals surface area contributed by atoms with Crippen molar-refractivity contribution in [1.82, 2.24) is 15.3 Å². The number of ether oxygens (including phenoxy) is 1. The van der Waals surface area contributed by atoms with E-state index in [1.165, 1.54) is 11.3 Å². The number of anilines is 2. The molecule has 2 fully saturated rings. The van der Waals surface area contributed by atoms with E-state index in [9.17, 15) is 4.79 Å². The van der Waals surface area contributed by atoms with Crippen molar-refractivity contribution in [3.05, 3.63) is 59.0 Å². The molecule has 1 N–H and O–H groups in total. The summed E-state index contributed by atoms with van der Waals surface area (Å²) in [6, 6.07) is 14.2. The number of hydrogen-bond acceptors (Lipinski definition) is 7. The van der Waals surface area contributed by atoms with Crippen LogP contribution in [0.15, 0.2) is 54.2 Å². The number of nitrogens with zero attached hydrogens (tertiary/aromatic N) is 4. The molecule has 8 heteroatoms. The van der Waals surface area contributed by atoms with E-state index in [4.69, 9.17) is 4.74 Å². The van der Waals surface area contributed by atoms with Crippen LogP contribution in [0, 0.1) is 0 Å². The average Bonchev–Trinajstić information content (AvgIpc) is 3.36. The monoisotopic (exact) mass is 449 g/mol. The second-order valence-corrected chi connectivity index (χ2v) is 9.04. The van der Waals surface area contributed by atoms with Gasteiger partial charge in [-0.2, -0.15) is 0 Å². The van der Waals surface area contributed by atoms with E-state index in [0.717, 1.165) is 79.9 Å². The highest BCUT2D eigenvalue weighted by Crippen LogP contribution is 2.29. The SMILES string of the molecule is O=C(NC1CCCN(c2cc(N3CCOCC3)ncn2)C1)c1sccc1-c1ccccc1. The Balaban J connectivity index is 1.26. The van der Waals surface area contributed by atoms with Gasteiger partial charge in [-0.15, -0.1) is 11.3 Å². The Kier molecular flexibility index (Phi) is 6.31. The molecule has 0 aliphatic carbocycles. The summed E-state index contributed by atoms with van der Waals surface area (Å²) in [5.41, 5.74) is 2.06. The summed E-state index contributed by atoms with van der Waals surface area (Å²) in [6.07, 6.45) is 3.62. The molecule has 1 amide bonds. The Morgan fingerprint density at radius 3 is 2.62 bits per heavy atom. The number of carbonyl (C=O) groups is 1. The van der Waals surface area contributed by atoms with Crippen LogP contribution in [0.1, 0.15) is 22.5 Å². The number of nitrogens with one attached hydrogen (secondary N) is 1. The van der Waals surface area contributed by atoms with Crippen molar-refractivity contribution in [3.8, 4) is 11.1 Å². The zero-order valence-corrected chi connectivity index (χ0v) is 18.8. The quantitative estimate of drug-likeness (QED) is 0.644. The van der Waals surface area contributed by atoms with Crippen LogP contribution < -0.4 is 15.1 Å². The third-order valence-corrected chi connectivity index (χ3v) is 6.92. The van der Waals surface area contributed by atoms with E-state index < -0.39 is 0 Å². The van der Waals surface area contributed by atoms with Gasteiger partial charge >= 0.3 is 0 Å². The molecule has 1 unspecified atom stereocenters. The van der Waals surface area contributed by atoms with Crippen LogP contribution in [0.2, 0.25) is 0 Å². The lowest BCUT2D eigenvalue weighted by Gasteiger charge is -2.34. The van der Waals surface area contributed by atoms with Crippen LogP contribution in [-0.4, -0.2) is 61.3 Å². The number of thiophene rings is 1. The van der Waals surface area contributed by atoms with Gasteiger partial charge in [-0.25, -0.2) is 9.97 Å². The van der Waals surface area contributed by atoms with E-state index in [1.807, 2.05) is 41.8 Å². The molecule has 0 radical (unpaired) electrons. The van der Waals surface area contributed by atoms with Crippen molar-refractivity contribution in [2.45, 2.75) is 18.9 Å². The molecule has 0 bridgehead atoms. The Labute approximate surface area is 192 Å². The van der Waals surface area contributed by atoms with Gasteiger partial charge < -0.3 is 19.9 Å². The van der Waals surface area contributed by atoms with E-state index in [0.29, 0.717) is 0 Å². The topological polar surface area (TPSA) is 70.6 Å². The fourth-order valence-corrected chi connectivity index (χ4v) is 5.18. The molecule has 1 atom stereocenters. The van der Waals surface area contributed by atoms with E-state index in [1.54, 1.807) is 6.33 Å². The van der Waals surface area contributed by atoms with Gasteiger partial charge in [-0.3, -0.25) is 4.79 Å². The molecule has 0 saturated carbocycles. The highest BCUT2D eigenvalue weighted by atomic mass is 32.1. The molecule has 7 nitrogen and oxygen atoms in total. The Morgan fingerprint density at radius 1 is 1.03 bits per heavy atom. The molecule has 5 rings (SSSR count). The molecule has 166 valence electrons. The third-order valence-electron chi connectivity index (χ3n) is 6.01. The smallest absolute Gasteiger partial charge is 0.262 e. The number of aromatic nitrogens is 2. The second kappa shape index (κ2) is 9.67. The van der Waals surface area contributed by atoms with Crippen molar-refractivity contribution in [2.24, 2.45) is 0 Å². The number of benzene rings is 1. The minimum atomic E-state index is 0.00222. The number of morpholine rings is 1. The predicted molar refractivity (Wildman–Crippen MR) is 128 cm³/mol. The largest absolute Gasteiger partial charge is 0.378 e. The fourth-order valence-electron chi connectivity index (χ4n) is 4.36. The van der Waals surface area contributed by atoms with Crippen LogP contribution in [0.3, 0.4) is 0 Å². The van der Waals surface area contributed by atoms with Crippen molar-refractivity contribution >= 4 is 28.9 Å². The summed E-state index contributed by atoms with van der Waals surface area (Å²) in [5, 5.41) is 5.25. The van der Waals surface area contributed by atoms with E-state index >= 15 is 0 Å². The Bertz CT molecular complexity index is 1050. The summed E-state index contributed by atoms with van der Waals surface area (Å²) in [7, 11) is 0. The molecular formula is C24H27N5O2S. The highest BCUT2D eigenvalue weighted by Gasteiger charge is 2.25. The number of hydrogen-bond donors (Lipinski definition) is 1. The first-order chi connectivity index (χ1) is 15.8. The van der Waals surface area contributed by atoms with Gasteiger partial charge in [0.15, 0.2) is 0 Å². The van der Waals surface area contributed by atoms with Gasteiger partial charge in [-0.05, 0) is 29.9 Å². The van der Waals surface area contributed by atoms with Gasteiger partial charge in [-0.1, -0.05) is 30.3 Å². The third kappa shape index (κ3) is 4.61. The molecule has 4 heterocycles. The maximum Gasteiger partial charge on any atom is 0.262 e. The zero-order chi connectivity index (χ0) is 21.8. The van der Waals surface area contributed by atoms with Crippen molar-refractivity contribution < 1.29 is 9.53 Å².